The highest BCUT2D eigenvalue weighted by Gasteiger charge is 2.10. The topological polar surface area (TPSA) is 21.3 Å². The Kier molecular flexibility index (Phi) is 6.38. The van der Waals surface area contributed by atoms with Crippen molar-refractivity contribution < 1.29 is 4.74 Å². The van der Waals surface area contributed by atoms with E-state index in [9.17, 15) is 0 Å². The van der Waals surface area contributed by atoms with Crippen LogP contribution in [0.1, 0.15) is 12.5 Å². The molecule has 0 bridgehead atoms. The Bertz CT molecular complexity index is 650. The highest BCUT2D eigenvalue weighted by molar-refractivity contribution is 9.10. The van der Waals surface area contributed by atoms with Gasteiger partial charge in [0.25, 0.3) is 0 Å². The number of nitrogens with one attached hydrogen (secondary N) is 1. The van der Waals surface area contributed by atoms with Gasteiger partial charge < -0.3 is 10.1 Å². The third-order valence-corrected chi connectivity index (χ3v) is 4.88. The monoisotopic (exact) mass is 451 g/mol. The zero-order valence-electron chi connectivity index (χ0n) is 11.2. The predicted molar refractivity (Wildman–Crippen MR) is 95.8 cm³/mol. The van der Waals surface area contributed by atoms with Crippen LogP contribution in [0, 0.1) is 0 Å². The van der Waals surface area contributed by atoms with Crippen molar-refractivity contribution >= 4 is 55.1 Å². The highest BCUT2D eigenvalue weighted by Crippen LogP contribution is 2.38. The lowest BCUT2D eigenvalue weighted by Gasteiger charge is -2.12. The second-order valence-electron chi connectivity index (χ2n) is 4.34. The molecule has 0 spiro atoms. The molecular formula is C15H13Br2Cl2NO. The molecule has 0 amide bonds. The summed E-state index contributed by atoms with van der Waals surface area (Å²) in [5, 5.41) is 4.32. The SMILES string of the molecule is CCNCc1ccc(Oc2cc(Cl)c(Br)cc2Cl)c(Br)c1. The number of halogens is 4. The fourth-order valence-corrected chi connectivity index (χ4v) is 3.05. The molecule has 0 atom stereocenters. The van der Waals surface area contributed by atoms with Crippen LogP contribution in [0.2, 0.25) is 10.0 Å². The van der Waals surface area contributed by atoms with Crippen LogP contribution in [0.5, 0.6) is 11.5 Å². The van der Waals surface area contributed by atoms with Gasteiger partial charge in [-0.1, -0.05) is 36.2 Å². The summed E-state index contributed by atoms with van der Waals surface area (Å²) in [6.45, 7) is 3.83. The van der Waals surface area contributed by atoms with Crippen molar-refractivity contribution in [1.29, 1.82) is 0 Å². The van der Waals surface area contributed by atoms with Crippen molar-refractivity contribution in [1.82, 2.24) is 5.32 Å². The molecule has 0 unspecified atom stereocenters. The third-order valence-electron chi connectivity index (χ3n) is 2.77. The van der Waals surface area contributed by atoms with Gasteiger partial charge in [-0.3, -0.25) is 0 Å². The van der Waals surface area contributed by atoms with Crippen molar-refractivity contribution in [3.05, 3.63) is 54.9 Å². The summed E-state index contributed by atoms with van der Waals surface area (Å²) in [7, 11) is 0. The van der Waals surface area contributed by atoms with Crippen molar-refractivity contribution in [2.75, 3.05) is 6.54 Å². The molecule has 0 aliphatic heterocycles. The first-order valence-electron chi connectivity index (χ1n) is 6.32. The zero-order valence-corrected chi connectivity index (χ0v) is 15.9. The maximum Gasteiger partial charge on any atom is 0.147 e. The van der Waals surface area contributed by atoms with Gasteiger partial charge in [-0.05, 0) is 62.2 Å². The zero-order chi connectivity index (χ0) is 15.4. The van der Waals surface area contributed by atoms with Crippen LogP contribution >= 0.6 is 55.1 Å². The average molecular weight is 454 g/mol. The summed E-state index contributed by atoms with van der Waals surface area (Å²) in [5.74, 6) is 1.21. The minimum Gasteiger partial charge on any atom is -0.455 e. The highest BCUT2D eigenvalue weighted by atomic mass is 79.9. The lowest BCUT2D eigenvalue weighted by Crippen LogP contribution is -2.11. The molecule has 6 heteroatoms. The second kappa shape index (κ2) is 7.84. The van der Waals surface area contributed by atoms with Crippen LogP contribution < -0.4 is 10.1 Å². The van der Waals surface area contributed by atoms with Crippen LogP contribution in [0.15, 0.2) is 39.3 Å². The molecule has 2 nitrogen and oxygen atoms in total. The van der Waals surface area contributed by atoms with E-state index in [2.05, 4.69) is 44.1 Å². The van der Waals surface area contributed by atoms with E-state index in [1.165, 1.54) is 5.56 Å². The molecule has 1 N–H and O–H groups in total. The Morgan fingerprint density at radius 2 is 1.76 bits per heavy atom. The number of benzene rings is 2. The molecule has 0 radical (unpaired) electrons. The standard InChI is InChI=1S/C15H13Br2Cl2NO/c1-2-20-8-9-3-4-14(11(17)5-9)21-15-7-12(18)10(16)6-13(15)19/h3-7,20H,2,8H2,1H3. The first-order valence-corrected chi connectivity index (χ1v) is 8.67. The molecule has 0 aromatic heterocycles. The normalized spacial score (nSPS) is 10.7. The Morgan fingerprint density at radius 3 is 2.43 bits per heavy atom. The van der Waals surface area contributed by atoms with E-state index in [0.29, 0.717) is 21.5 Å². The van der Waals surface area contributed by atoms with Gasteiger partial charge in [-0.25, -0.2) is 0 Å². The maximum absolute atomic E-state index is 6.16. The Labute approximate surface area is 151 Å². The summed E-state index contributed by atoms with van der Waals surface area (Å²) in [5.41, 5.74) is 1.18. The van der Waals surface area contributed by atoms with Gasteiger partial charge in [0.2, 0.25) is 0 Å². The van der Waals surface area contributed by atoms with E-state index in [0.717, 1.165) is 22.0 Å². The summed E-state index contributed by atoms with van der Waals surface area (Å²) in [6.07, 6.45) is 0. The molecule has 0 fully saturated rings. The van der Waals surface area contributed by atoms with Gasteiger partial charge in [0.1, 0.15) is 11.5 Å². The van der Waals surface area contributed by atoms with Gasteiger partial charge in [-0.15, -0.1) is 0 Å². The van der Waals surface area contributed by atoms with E-state index in [-0.39, 0.29) is 0 Å². The van der Waals surface area contributed by atoms with Gasteiger partial charge >= 0.3 is 0 Å². The molecule has 2 rings (SSSR count). The van der Waals surface area contributed by atoms with E-state index in [1.54, 1.807) is 12.1 Å². The predicted octanol–water partition coefficient (Wildman–Crippen LogP) is 6.42. The number of hydrogen-bond acceptors (Lipinski definition) is 2. The van der Waals surface area contributed by atoms with Gasteiger partial charge in [0, 0.05) is 17.1 Å². The quantitative estimate of drug-likeness (QED) is 0.527. The van der Waals surface area contributed by atoms with Gasteiger partial charge in [0.15, 0.2) is 0 Å². The fourth-order valence-electron chi connectivity index (χ4n) is 1.71. The molecule has 0 saturated heterocycles. The summed E-state index contributed by atoms with van der Waals surface area (Å²) >= 11 is 19.1. The van der Waals surface area contributed by atoms with Crippen LogP contribution in [0.3, 0.4) is 0 Å². The van der Waals surface area contributed by atoms with Crippen LogP contribution in [0.25, 0.3) is 0 Å². The molecule has 112 valence electrons. The smallest absolute Gasteiger partial charge is 0.147 e. The molecule has 2 aromatic carbocycles. The van der Waals surface area contributed by atoms with E-state index < -0.39 is 0 Å². The minimum absolute atomic E-state index is 0.495. The lowest BCUT2D eigenvalue weighted by atomic mass is 10.2. The average Bonchev–Trinajstić information content (AvgIpc) is 2.45. The molecule has 2 aromatic rings. The van der Waals surface area contributed by atoms with Crippen LogP contribution in [0.4, 0.5) is 0 Å². The first-order chi connectivity index (χ1) is 10.0. The van der Waals surface area contributed by atoms with Crippen molar-refractivity contribution in [2.24, 2.45) is 0 Å². The van der Waals surface area contributed by atoms with Crippen LogP contribution in [-0.2, 0) is 6.54 Å². The third kappa shape index (κ3) is 4.60. The summed E-state index contributed by atoms with van der Waals surface area (Å²) in [4.78, 5) is 0. The Balaban J connectivity index is 2.22. The van der Waals surface area contributed by atoms with E-state index >= 15 is 0 Å². The molecule has 0 heterocycles. The number of hydrogen-bond donors (Lipinski definition) is 1. The fraction of sp³-hybridized carbons (Fsp3) is 0.200. The van der Waals surface area contributed by atoms with Crippen molar-refractivity contribution in [3.8, 4) is 11.5 Å². The molecule has 0 saturated carbocycles. The molecule has 0 aliphatic carbocycles. The van der Waals surface area contributed by atoms with E-state index in [4.69, 9.17) is 27.9 Å². The first kappa shape index (κ1) is 17.1. The Hall–Kier alpha value is -0.260. The van der Waals surface area contributed by atoms with Gasteiger partial charge in [-0.2, -0.15) is 0 Å². The number of rotatable bonds is 5. The largest absolute Gasteiger partial charge is 0.455 e. The molecular weight excluding hydrogens is 441 g/mol. The lowest BCUT2D eigenvalue weighted by molar-refractivity contribution is 0.479. The summed E-state index contributed by atoms with van der Waals surface area (Å²) in [6, 6.07) is 9.34. The Morgan fingerprint density at radius 1 is 1.00 bits per heavy atom. The van der Waals surface area contributed by atoms with Gasteiger partial charge in [0.05, 0.1) is 14.5 Å². The number of ether oxygens (including phenoxy) is 1. The van der Waals surface area contributed by atoms with E-state index in [1.807, 2.05) is 18.2 Å². The molecule has 21 heavy (non-hydrogen) atoms. The summed E-state index contributed by atoms with van der Waals surface area (Å²) < 4.78 is 7.44. The maximum atomic E-state index is 6.16. The van der Waals surface area contributed by atoms with Crippen molar-refractivity contribution in [3.63, 3.8) is 0 Å². The minimum atomic E-state index is 0.495. The molecule has 0 aliphatic rings. The second-order valence-corrected chi connectivity index (χ2v) is 6.87. The van der Waals surface area contributed by atoms with Crippen molar-refractivity contribution in [2.45, 2.75) is 13.5 Å². The van der Waals surface area contributed by atoms with Crippen LogP contribution in [-0.4, -0.2) is 6.54 Å².